The van der Waals surface area contributed by atoms with E-state index >= 15 is 0 Å². The molecule has 7 aromatic rings. The average Bonchev–Trinajstić information content (AvgIpc) is 3.23. The van der Waals surface area contributed by atoms with Gasteiger partial charge in [-0.05, 0) is 71.8 Å². The fourth-order valence-corrected chi connectivity index (χ4v) is 17.5. The summed E-state index contributed by atoms with van der Waals surface area (Å²) in [6, 6.07) is 70.4. The number of terminal acetylenes is 1. The van der Waals surface area contributed by atoms with Crippen LogP contribution < -0.4 is 29.6 Å². The van der Waals surface area contributed by atoms with E-state index in [4.69, 9.17) is 15.3 Å². The first-order valence-electron chi connectivity index (χ1n) is 19.8. The van der Waals surface area contributed by atoms with Crippen LogP contribution in [-0.4, -0.2) is 16.6 Å². The predicted octanol–water partition coefficient (Wildman–Crippen LogP) is 10.5. The minimum atomic E-state index is -2.93. The van der Waals surface area contributed by atoms with Gasteiger partial charge in [-0.15, -0.1) is 6.42 Å². The molecule has 0 aliphatic carbocycles. The maximum Gasteiger partial charge on any atom is 0.319 e. The summed E-state index contributed by atoms with van der Waals surface area (Å²) in [7, 11) is -5.85. The summed E-state index contributed by atoms with van der Waals surface area (Å²) in [6.07, 6.45) is 6.85. The second kappa shape index (κ2) is 15.9. The largest absolute Gasteiger partial charge is 0.534 e. The highest BCUT2D eigenvalue weighted by atomic mass is 28.4. The van der Waals surface area contributed by atoms with E-state index in [0.717, 1.165) is 28.2 Å². The molecule has 57 heavy (non-hydrogen) atoms. The molecule has 7 aromatic carbocycles. The zero-order valence-electron chi connectivity index (χ0n) is 33.9. The van der Waals surface area contributed by atoms with Crippen LogP contribution >= 0.6 is 0 Å². The van der Waals surface area contributed by atoms with E-state index in [-0.39, 0.29) is 10.1 Å². The zero-order valence-corrected chi connectivity index (χ0v) is 35.9. The minimum Gasteiger partial charge on any atom is -0.534 e. The normalized spacial score (nSPS) is 12.4. The van der Waals surface area contributed by atoms with Crippen molar-refractivity contribution in [2.45, 2.75) is 57.0 Å². The molecule has 0 amide bonds. The topological polar surface area (TPSA) is 18.5 Å². The Labute approximate surface area is 342 Å². The molecule has 284 valence electrons. The van der Waals surface area contributed by atoms with E-state index in [1.165, 1.54) is 20.7 Å². The Morgan fingerprint density at radius 3 is 0.930 bits per heavy atom. The first kappa shape index (κ1) is 39.4. The van der Waals surface area contributed by atoms with Crippen LogP contribution in [0.1, 0.15) is 58.2 Å². The Bertz CT molecular complexity index is 2200. The number of benzene rings is 7. The molecule has 0 bridgehead atoms. The van der Waals surface area contributed by atoms with Gasteiger partial charge in [-0.2, -0.15) is 0 Å². The maximum absolute atomic E-state index is 7.57. The highest BCUT2D eigenvalue weighted by molar-refractivity contribution is 7.00. The van der Waals surface area contributed by atoms with Gasteiger partial charge in [0.15, 0.2) is 0 Å². The fourth-order valence-electron chi connectivity index (χ4n) is 8.68. The summed E-state index contributed by atoms with van der Waals surface area (Å²) in [5.41, 5.74) is 1.94. The molecule has 0 aliphatic heterocycles. The summed E-state index contributed by atoms with van der Waals surface area (Å²) in [5, 5.41) is 4.45. The van der Waals surface area contributed by atoms with Gasteiger partial charge < -0.3 is 8.85 Å². The molecule has 7 rings (SSSR count). The van der Waals surface area contributed by atoms with Gasteiger partial charge in [0.2, 0.25) is 0 Å². The van der Waals surface area contributed by atoms with Gasteiger partial charge in [0.25, 0.3) is 0 Å². The third kappa shape index (κ3) is 7.19. The fraction of sp³-hybridized carbons (Fsp3) is 0.170. The molecule has 0 heterocycles. The standard InChI is InChI=1S/C53H52O2Si2/c1-8-53(42-26-14-9-15-27-42,43-28-24-30-45(40-43)54-56(51(2,3)4,47-32-16-10-17-33-47)48-34-18-11-19-35-48)44-29-25-31-46(41-44)55-57(52(5,6)7,49-36-20-12-21-37-49)50-38-22-13-23-39-50/h1,9-41H,2-7H3. The lowest BCUT2D eigenvalue weighted by molar-refractivity contribution is 0.505. The van der Waals surface area contributed by atoms with Crippen LogP contribution in [0.5, 0.6) is 11.5 Å². The SMILES string of the molecule is C#CC(c1ccccc1)(c1cccc(O[Si](c2ccccc2)(c2ccccc2)C(C)(C)C)c1)c1cccc(O[Si](c2ccccc2)(c2ccccc2)C(C)(C)C)c1. The van der Waals surface area contributed by atoms with Gasteiger partial charge in [0.05, 0.1) is 0 Å². The molecule has 4 heteroatoms. The number of hydrogen-bond acceptors (Lipinski definition) is 2. The van der Waals surface area contributed by atoms with Gasteiger partial charge in [0.1, 0.15) is 16.9 Å². The van der Waals surface area contributed by atoms with Gasteiger partial charge in [-0.3, -0.25) is 0 Å². The molecule has 0 atom stereocenters. The van der Waals surface area contributed by atoms with Crippen molar-refractivity contribution in [3.05, 3.63) is 217 Å². The second-order valence-corrected chi connectivity index (χ2v) is 25.3. The second-order valence-electron chi connectivity index (χ2n) is 16.8. The Kier molecular flexibility index (Phi) is 11.0. The van der Waals surface area contributed by atoms with Crippen molar-refractivity contribution >= 4 is 37.4 Å². The van der Waals surface area contributed by atoms with E-state index in [1.807, 2.05) is 6.07 Å². The van der Waals surface area contributed by atoms with Crippen molar-refractivity contribution in [1.82, 2.24) is 0 Å². The van der Waals surface area contributed by atoms with Crippen LogP contribution in [0.3, 0.4) is 0 Å². The Morgan fingerprint density at radius 2 is 0.649 bits per heavy atom. The highest BCUT2D eigenvalue weighted by Crippen LogP contribution is 2.44. The summed E-state index contributed by atoms with van der Waals surface area (Å²) in [4.78, 5) is 0. The van der Waals surface area contributed by atoms with Gasteiger partial charge >= 0.3 is 16.6 Å². The van der Waals surface area contributed by atoms with Crippen LogP contribution in [0, 0.1) is 12.3 Å². The molecule has 2 nitrogen and oxygen atoms in total. The summed E-state index contributed by atoms with van der Waals surface area (Å²) in [6.45, 7) is 13.8. The van der Waals surface area contributed by atoms with Crippen LogP contribution in [0.15, 0.2) is 200 Å². The molecule has 0 spiro atoms. The van der Waals surface area contributed by atoms with E-state index in [9.17, 15) is 0 Å². The molecule has 0 aromatic heterocycles. The van der Waals surface area contributed by atoms with Crippen molar-refractivity contribution in [3.8, 4) is 23.8 Å². The van der Waals surface area contributed by atoms with Crippen molar-refractivity contribution in [2.24, 2.45) is 0 Å². The molecule has 0 unspecified atom stereocenters. The zero-order chi connectivity index (χ0) is 40.2. The van der Waals surface area contributed by atoms with E-state index in [2.05, 4.69) is 242 Å². The lowest BCUT2D eigenvalue weighted by atomic mass is 9.70. The quantitative estimate of drug-likeness (QED) is 0.0740. The van der Waals surface area contributed by atoms with E-state index < -0.39 is 22.0 Å². The monoisotopic (exact) mass is 776 g/mol. The molecule has 0 aliphatic rings. The third-order valence-corrected chi connectivity index (χ3v) is 21.2. The van der Waals surface area contributed by atoms with Crippen LogP contribution in [0.4, 0.5) is 0 Å². The molecule has 0 radical (unpaired) electrons. The Morgan fingerprint density at radius 1 is 0.368 bits per heavy atom. The molecule has 0 fully saturated rings. The Hall–Kier alpha value is -5.87. The van der Waals surface area contributed by atoms with Crippen molar-refractivity contribution in [3.63, 3.8) is 0 Å². The van der Waals surface area contributed by atoms with Crippen LogP contribution in [0.25, 0.3) is 0 Å². The lowest BCUT2D eigenvalue weighted by Crippen LogP contribution is -2.68. The Balaban J connectivity index is 1.41. The summed E-state index contributed by atoms with van der Waals surface area (Å²) < 4.78 is 15.1. The summed E-state index contributed by atoms with van der Waals surface area (Å²) in [5.74, 6) is 4.92. The van der Waals surface area contributed by atoms with Crippen molar-refractivity contribution < 1.29 is 8.85 Å². The highest BCUT2D eigenvalue weighted by Gasteiger charge is 2.53. The van der Waals surface area contributed by atoms with Crippen LogP contribution in [0.2, 0.25) is 10.1 Å². The van der Waals surface area contributed by atoms with Gasteiger partial charge in [-0.1, -0.05) is 223 Å². The van der Waals surface area contributed by atoms with E-state index in [0.29, 0.717) is 0 Å². The van der Waals surface area contributed by atoms with Crippen LogP contribution in [-0.2, 0) is 5.41 Å². The van der Waals surface area contributed by atoms with E-state index in [1.54, 1.807) is 0 Å². The molecular weight excluding hydrogens is 725 g/mol. The summed E-state index contributed by atoms with van der Waals surface area (Å²) >= 11 is 0. The smallest absolute Gasteiger partial charge is 0.319 e. The predicted molar refractivity (Wildman–Crippen MR) is 245 cm³/mol. The number of rotatable bonds is 11. The third-order valence-electron chi connectivity index (χ3n) is 11.3. The maximum atomic E-state index is 7.57. The molecule has 0 N–H and O–H groups in total. The van der Waals surface area contributed by atoms with Gasteiger partial charge in [0, 0.05) is 0 Å². The first-order valence-corrected chi connectivity index (χ1v) is 23.6. The molecule has 0 saturated carbocycles. The van der Waals surface area contributed by atoms with Gasteiger partial charge in [-0.25, -0.2) is 0 Å². The molecule has 0 saturated heterocycles. The van der Waals surface area contributed by atoms with Crippen molar-refractivity contribution in [1.29, 1.82) is 0 Å². The molecular formula is C53H52O2Si2. The minimum absolute atomic E-state index is 0.207. The number of hydrogen-bond donors (Lipinski definition) is 0. The average molecular weight is 777 g/mol. The first-order chi connectivity index (χ1) is 27.5. The van der Waals surface area contributed by atoms with Crippen molar-refractivity contribution in [2.75, 3.05) is 0 Å². The lowest BCUT2D eigenvalue weighted by Gasteiger charge is -2.43.